The van der Waals surface area contributed by atoms with Gasteiger partial charge in [0.15, 0.2) is 0 Å². The third kappa shape index (κ3) is 4.30. The zero-order valence-corrected chi connectivity index (χ0v) is 14.6. The van der Waals surface area contributed by atoms with Crippen molar-refractivity contribution in [3.05, 3.63) is 65.6 Å². The van der Waals surface area contributed by atoms with Crippen LogP contribution in [0.15, 0.2) is 42.6 Å². The van der Waals surface area contributed by atoms with E-state index in [0.717, 1.165) is 5.56 Å². The minimum atomic E-state index is -2.49. The molecule has 0 amide bonds. The van der Waals surface area contributed by atoms with E-state index in [1.807, 2.05) is 6.92 Å². The Kier molecular flexibility index (Phi) is 6.88. The maximum Gasteiger partial charge on any atom is 0.256 e. The van der Waals surface area contributed by atoms with Gasteiger partial charge >= 0.3 is 0 Å². The van der Waals surface area contributed by atoms with Gasteiger partial charge in [0.2, 0.25) is 0 Å². The van der Waals surface area contributed by atoms with E-state index in [2.05, 4.69) is 12.7 Å². The van der Waals surface area contributed by atoms with Crippen LogP contribution in [0.2, 0.25) is 0 Å². The molecule has 0 bridgehead atoms. The molecule has 0 unspecified atom stereocenters. The second kappa shape index (κ2) is 7.95. The van der Waals surface area contributed by atoms with Crippen molar-refractivity contribution in [3.63, 3.8) is 0 Å². The smallest absolute Gasteiger partial charge is 0.256 e. The van der Waals surface area contributed by atoms with Gasteiger partial charge in [0, 0.05) is 32.7 Å². The summed E-state index contributed by atoms with van der Waals surface area (Å²) in [4.78, 5) is 1.41. The first-order chi connectivity index (χ1) is 9.52. The molecule has 109 valence electrons. The van der Waals surface area contributed by atoms with Gasteiger partial charge in [-0.25, -0.2) is 13.2 Å². The van der Waals surface area contributed by atoms with Gasteiger partial charge in [0.05, 0.1) is 6.54 Å². The molecule has 0 aliphatic carbocycles. The molecule has 0 fully saturated rings. The van der Waals surface area contributed by atoms with Gasteiger partial charge in [-0.2, -0.15) is 12.2 Å². The Labute approximate surface area is 148 Å². The molecule has 1 radical (unpaired) electrons. The molecule has 5 heteroatoms. The van der Waals surface area contributed by atoms with Crippen LogP contribution in [0.3, 0.4) is 0 Å². The summed E-state index contributed by atoms with van der Waals surface area (Å²) in [6, 6.07) is 4.35. The van der Waals surface area contributed by atoms with E-state index >= 15 is 0 Å². The number of hydrogen-bond acceptors (Lipinski definition) is 1. The number of halogens is 3. The fraction of sp³-hybridized carbons (Fsp3) is 0.250. The molecule has 0 saturated carbocycles. The normalized spacial score (nSPS) is 14.2. The molecule has 1 aromatic carbocycles. The number of nitrogens with zero attached hydrogens (tertiary/aromatic N) is 1. The number of aryl methyl sites for hydroxylation is 1. The Balaban J connectivity index is 0.00000220. The number of hydrogen-bond donors (Lipinski definition) is 0. The number of allylic oxidation sites excluding steroid dienone is 3. The molecule has 0 spiro atoms. The summed E-state index contributed by atoms with van der Waals surface area (Å²) in [5.74, 6) is -0.336. The predicted molar refractivity (Wildman–Crippen MR) is 73.4 cm³/mol. The number of alkyl halides is 2. The SMILES string of the molecule is C=C1C=C[C-]=C(c2ccc(F)cc2CC)N1CC(F)F.[Y]. The van der Waals surface area contributed by atoms with Crippen molar-refractivity contribution in [2.45, 2.75) is 19.8 Å². The van der Waals surface area contributed by atoms with Crippen molar-refractivity contribution in [2.24, 2.45) is 0 Å². The van der Waals surface area contributed by atoms with Crippen LogP contribution in [0.5, 0.6) is 0 Å². The zero-order valence-electron chi connectivity index (χ0n) is 11.7. The van der Waals surface area contributed by atoms with E-state index in [-0.39, 0.29) is 38.5 Å². The van der Waals surface area contributed by atoms with Gasteiger partial charge in [0.25, 0.3) is 6.43 Å². The quantitative estimate of drug-likeness (QED) is 0.722. The van der Waals surface area contributed by atoms with Crippen LogP contribution in [-0.4, -0.2) is 17.9 Å². The topological polar surface area (TPSA) is 3.24 Å². The molecule has 1 heterocycles. The number of rotatable bonds is 4. The van der Waals surface area contributed by atoms with Gasteiger partial charge in [-0.05, 0) is 24.3 Å². The molecule has 21 heavy (non-hydrogen) atoms. The van der Waals surface area contributed by atoms with Gasteiger partial charge in [-0.15, -0.1) is 12.1 Å². The summed E-state index contributed by atoms with van der Waals surface area (Å²) in [6.07, 6.45) is 4.35. The van der Waals surface area contributed by atoms with E-state index in [1.54, 1.807) is 18.2 Å². The van der Waals surface area contributed by atoms with Crippen LogP contribution in [-0.2, 0) is 39.1 Å². The van der Waals surface area contributed by atoms with Crippen molar-refractivity contribution in [2.75, 3.05) is 6.54 Å². The minimum Gasteiger partial charge on any atom is -0.370 e. The Bertz CT molecular complexity index is 579. The van der Waals surface area contributed by atoms with E-state index < -0.39 is 13.0 Å². The molecule has 0 N–H and O–H groups in total. The standard InChI is InChI=1S/C16H15F3N.Y/c1-3-12-9-13(17)7-8-14(12)15-6-4-5-11(2)20(15)10-16(18)19;/h4-5,7-9,16H,2-3,10H2,1H3;/q-1;. The summed E-state index contributed by atoms with van der Waals surface area (Å²) in [5.41, 5.74) is 2.45. The van der Waals surface area contributed by atoms with E-state index in [1.165, 1.54) is 17.0 Å². The fourth-order valence-corrected chi connectivity index (χ4v) is 2.18. The van der Waals surface area contributed by atoms with Gasteiger partial charge in [-0.1, -0.05) is 30.3 Å². The summed E-state index contributed by atoms with van der Waals surface area (Å²) >= 11 is 0. The summed E-state index contributed by atoms with van der Waals surface area (Å²) in [7, 11) is 0. The first-order valence-corrected chi connectivity index (χ1v) is 6.36. The van der Waals surface area contributed by atoms with E-state index in [9.17, 15) is 13.2 Å². The molecule has 1 aromatic rings. The molecule has 0 saturated heterocycles. The van der Waals surface area contributed by atoms with Crippen LogP contribution in [0, 0.1) is 11.9 Å². The largest absolute Gasteiger partial charge is 0.370 e. The summed E-state index contributed by atoms with van der Waals surface area (Å²) in [6.45, 7) is 5.21. The molecule has 1 aliphatic rings. The molecule has 0 atom stereocenters. The third-order valence-corrected chi connectivity index (χ3v) is 3.14. The molecule has 2 rings (SSSR count). The molecule has 1 nitrogen and oxygen atoms in total. The Hall–Kier alpha value is -0.866. The van der Waals surface area contributed by atoms with Crippen LogP contribution < -0.4 is 0 Å². The summed E-state index contributed by atoms with van der Waals surface area (Å²) in [5, 5.41) is 0. The van der Waals surface area contributed by atoms with Gasteiger partial charge < -0.3 is 4.90 Å². The van der Waals surface area contributed by atoms with Crippen LogP contribution in [0.25, 0.3) is 5.70 Å². The first-order valence-electron chi connectivity index (χ1n) is 6.36. The first kappa shape index (κ1) is 18.2. The zero-order chi connectivity index (χ0) is 14.7. The van der Waals surface area contributed by atoms with Crippen LogP contribution >= 0.6 is 0 Å². The van der Waals surface area contributed by atoms with Crippen LogP contribution in [0.4, 0.5) is 13.2 Å². The maximum atomic E-state index is 13.3. The Morgan fingerprint density at radius 2 is 2.05 bits per heavy atom. The second-order valence-corrected chi connectivity index (χ2v) is 4.47. The number of benzene rings is 1. The van der Waals surface area contributed by atoms with E-state index in [4.69, 9.17) is 0 Å². The van der Waals surface area contributed by atoms with Crippen LogP contribution in [0.1, 0.15) is 18.1 Å². The molecule has 0 aromatic heterocycles. The van der Waals surface area contributed by atoms with Crippen molar-refractivity contribution in [3.8, 4) is 0 Å². The molecular formula is C16H15F3NY-. The minimum absolute atomic E-state index is 0. The summed E-state index contributed by atoms with van der Waals surface area (Å²) < 4.78 is 38.7. The monoisotopic (exact) mass is 367 g/mol. The predicted octanol–water partition coefficient (Wildman–Crippen LogP) is 4.18. The average molecular weight is 367 g/mol. The molecule has 1 aliphatic heterocycles. The third-order valence-electron chi connectivity index (χ3n) is 3.14. The molecular weight excluding hydrogens is 352 g/mol. The second-order valence-electron chi connectivity index (χ2n) is 4.47. The van der Waals surface area contributed by atoms with Crippen molar-refractivity contribution in [1.29, 1.82) is 0 Å². The van der Waals surface area contributed by atoms with E-state index in [0.29, 0.717) is 23.4 Å². The Morgan fingerprint density at radius 1 is 1.33 bits per heavy atom. The van der Waals surface area contributed by atoms with Gasteiger partial charge in [-0.3, -0.25) is 0 Å². The maximum absolute atomic E-state index is 13.3. The van der Waals surface area contributed by atoms with Gasteiger partial charge in [0.1, 0.15) is 5.82 Å². The Morgan fingerprint density at radius 3 is 2.67 bits per heavy atom. The average Bonchev–Trinajstić information content (AvgIpc) is 2.41. The van der Waals surface area contributed by atoms with Crippen molar-refractivity contribution < 1.29 is 45.9 Å². The fourth-order valence-electron chi connectivity index (χ4n) is 2.18. The van der Waals surface area contributed by atoms with Crippen molar-refractivity contribution >= 4 is 5.70 Å². The van der Waals surface area contributed by atoms with Crippen molar-refractivity contribution in [1.82, 2.24) is 4.90 Å².